The molecule has 104 valence electrons. The van der Waals surface area contributed by atoms with E-state index >= 15 is 0 Å². The number of aliphatic hydroxyl groups excluding tert-OH is 1. The quantitative estimate of drug-likeness (QED) is 0.828. The monoisotopic (exact) mass is 252 g/mol. The van der Waals surface area contributed by atoms with Crippen LogP contribution in [0.1, 0.15) is 44.9 Å². The molecule has 0 amide bonds. The Morgan fingerprint density at radius 1 is 1.06 bits per heavy atom. The third kappa shape index (κ3) is 2.59. The van der Waals surface area contributed by atoms with E-state index in [-0.39, 0.29) is 6.10 Å². The topological polar surface area (TPSA) is 26.7 Å². The molecule has 1 N–H and O–H groups in total. The predicted molar refractivity (Wildman–Crippen MR) is 73.6 cm³/mol. The van der Waals surface area contributed by atoms with Crippen LogP contribution in [0.4, 0.5) is 0 Å². The molecule has 2 saturated heterocycles. The Hall–Kier alpha value is -0.120. The Bertz CT molecular complexity index is 278. The summed E-state index contributed by atoms with van der Waals surface area (Å²) in [5.74, 6) is 0.586. The van der Waals surface area contributed by atoms with Crippen molar-refractivity contribution in [2.75, 3.05) is 26.7 Å². The van der Waals surface area contributed by atoms with E-state index in [1.54, 1.807) is 0 Å². The van der Waals surface area contributed by atoms with Crippen molar-refractivity contribution < 1.29 is 5.11 Å². The van der Waals surface area contributed by atoms with E-state index in [0.717, 1.165) is 18.6 Å². The summed E-state index contributed by atoms with van der Waals surface area (Å²) in [4.78, 5) is 5.12. The Labute approximate surface area is 111 Å². The van der Waals surface area contributed by atoms with Crippen molar-refractivity contribution in [3.05, 3.63) is 0 Å². The van der Waals surface area contributed by atoms with E-state index < -0.39 is 0 Å². The second kappa shape index (κ2) is 5.48. The summed E-state index contributed by atoms with van der Waals surface area (Å²) in [6, 6.07) is 1.55. The largest absolute Gasteiger partial charge is 0.392 e. The summed E-state index contributed by atoms with van der Waals surface area (Å²) in [6.45, 7) is 3.29. The van der Waals surface area contributed by atoms with Crippen LogP contribution >= 0.6 is 0 Å². The van der Waals surface area contributed by atoms with Crippen molar-refractivity contribution >= 4 is 0 Å². The van der Waals surface area contributed by atoms with Gasteiger partial charge in [-0.1, -0.05) is 12.8 Å². The zero-order valence-electron chi connectivity index (χ0n) is 11.7. The number of rotatable bonds is 3. The molecule has 2 aliphatic heterocycles. The van der Waals surface area contributed by atoms with Crippen molar-refractivity contribution in [1.29, 1.82) is 0 Å². The summed E-state index contributed by atoms with van der Waals surface area (Å²) in [5.41, 5.74) is 0. The van der Waals surface area contributed by atoms with Crippen molar-refractivity contribution in [2.24, 2.45) is 5.92 Å². The maximum Gasteiger partial charge on any atom is 0.0695 e. The number of hydrogen-bond acceptors (Lipinski definition) is 3. The molecule has 3 heteroatoms. The second-order valence-corrected chi connectivity index (χ2v) is 6.71. The van der Waals surface area contributed by atoms with E-state index in [1.165, 1.54) is 58.0 Å². The lowest BCUT2D eigenvalue weighted by Gasteiger charge is -2.29. The predicted octanol–water partition coefficient (Wildman–Crippen LogP) is 1.71. The first-order valence-corrected chi connectivity index (χ1v) is 7.86. The molecule has 3 atom stereocenters. The van der Waals surface area contributed by atoms with Gasteiger partial charge in [0.05, 0.1) is 6.10 Å². The summed E-state index contributed by atoms with van der Waals surface area (Å²) in [6.07, 6.45) is 9.13. The highest BCUT2D eigenvalue weighted by atomic mass is 16.3. The number of likely N-dealkylation sites (N-methyl/N-ethyl adjacent to an activating group) is 1. The van der Waals surface area contributed by atoms with Gasteiger partial charge in [0, 0.05) is 25.2 Å². The van der Waals surface area contributed by atoms with Crippen LogP contribution in [0.5, 0.6) is 0 Å². The van der Waals surface area contributed by atoms with Gasteiger partial charge in [0.25, 0.3) is 0 Å². The third-order valence-corrected chi connectivity index (χ3v) is 5.62. The number of nitrogens with zero attached hydrogens (tertiary/aromatic N) is 2. The summed E-state index contributed by atoms with van der Waals surface area (Å²) >= 11 is 0. The standard InChI is InChI=1S/C15H28N2O/c1-16-13-6-7-14(16)10-17(9-8-13)11-15(18)12-4-2-3-5-12/h12-15,18H,2-11H2,1H3. The van der Waals surface area contributed by atoms with E-state index in [0.29, 0.717) is 5.92 Å². The fourth-order valence-electron chi connectivity index (χ4n) is 4.30. The molecule has 3 fully saturated rings. The average Bonchev–Trinajstić information content (AvgIpc) is 2.93. The molecule has 0 spiro atoms. The van der Waals surface area contributed by atoms with Gasteiger partial charge in [0.2, 0.25) is 0 Å². The maximum atomic E-state index is 10.4. The van der Waals surface area contributed by atoms with Crippen molar-refractivity contribution in [2.45, 2.75) is 63.1 Å². The molecule has 2 bridgehead atoms. The average molecular weight is 252 g/mol. The van der Waals surface area contributed by atoms with Gasteiger partial charge in [0.15, 0.2) is 0 Å². The van der Waals surface area contributed by atoms with Gasteiger partial charge in [-0.2, -0.15) is 0 Å². The molecule has 0 aromatic rings. The van der Waals surface area contributed by atoms with E-state index in [4.69, 9.17) is 0 Å². The number of likely N-dealkylation sites (tertiary alicyclic amines) is 1. The molecule has 1 saturated carbocycles. The zero-order chi connectivity index (χ0) is 12.5. The smallest absolute Gasteiger partial charge is 0.0695 e. The molecule has 0 aromatic heterocycles. The van der Waals surface area contributed by atoms with Crippen LogP contribution in [0.25, 0.3) is 0 Å². The Balaban J connectivity index is 1.53. The minimum absolute atomic E-state index is 0.0746. The van der Waals surface area contributed by atoms with Gasteiger partial charge in [-0.05, 0) is 51.6 Å². The highest BCUT2D eigenvalue weighted by Gasteiger charge is 2.35. The van der Waals surface area contributed by atoms with E-state index in [2.05, 4.69) is 16.8 Å². The van der Waals surface area contributed by atoms with Gasteiger partial charge < -0.3 is 5.11 Å². The maximum absolute atomic E-state index is 10.4. The lowest BCUT2D eigenvalue weighted by atomic mass is 9.99. The lowest BCUT2D eigenvalue weighted by molar-refractivity contribution is 0.0623. The molecule has 2 heterocycles. The summed E-state index contributed by atoms with van der Waals surface area (Å²) < 4.78 is 0. The van der Waals surface area contributed by atoms with Crippen LogP contribution < -0.4 is 0 Å². The fourth-order valence-corrected chi connectivity index (χ4v) is 4.30. The second-order valence-electron chi connectivity index (χ2n) is 6.71. The first-order chi connectivity index (χ1) is 8.74. The van der Waals surface area contributed by atoms with E-state index in [9.17, 15) is 5.11 Å². The molecule has 0 radical (unpaired) electrons. The van der Waals surface area contributed by atoms with Gasteiger partial charge in [-0.25, -0.2) is 0 Å². The van der Waals surface area contributed by atoms with Gasteiger partial charge in [0.1, 0.15) is 0 Å². The minimum atomic E-state index is -0.0746. The first kappa shape index (κ1) is 12.9. The molecule has 3 rings (SSSR count). The zero-order valence-corrected chi connectivity index (χ0v) is 11.7. The number of hydrogen-bond donors (Lipinski definition) is 1. The Morgan fingerprint density at radius 2 is 1.78 bits per heavy atom. The van der Waals surface area contributed by atoms with Crippen LogP contribution in [0.15, 0.2) is 0 Å². The van der Waals surface area contributed by atoms with Crippen LogP contribution in [0.2, 0.25) is 0 Å². The summed E-state index contributed by atoms with van der Waals surface area (Å²) in [5, 5.41) is 10.4. The van der Waals surface area contributed by atoms with Crippen LogP contribution in [-0.2, 0) is 0 Å². The first-order valence-electron chi connectivity index (χ1n) is 7.86. The molecular weight excluding hydrogens is 224 g/mol. The number of aliphatic hydroxyl groups is 1. The van der Waals surface area contributed by atoms with Crippen LogP contribution in [0, 0.1) is 5.92 Å². The third-order valence-electron chi connectivity index (χ3n) is 5.62. The SMILES string of the molecule is CN1C2CCC1CN(CC(O)C1CCCC1)CC2. The van der Waals surface area contributed by atoms with Crippen LogP contribution in [-0.4, -0.2) is 59.8 Å². The minimum Gasteiger partial charge on any atom is -0.392 e. The van der Waals surface area contributed by atoms with Gasteiger partial charge in [-0.3, -0.25) is 9.80 Å². The van der Waals surface area contributed by atoms with Crippen LogP contribution in [0.3, 0.4) is 0 Å². The highest BCUT2D eigenvalue weighted by Crippen LogP contribution is 2.31. The van der Waals surface area contributed by atoms with Crippen molar-refractivity contribution in [1.82, 2.24) is 9.80 Å². The van der Waals surface area contributed by atoms with Gasteiger partial charge >= 0.3 is 0 Å². The van der Waals surface area contributed by atoms with E-state index in [1.807, 2.05) is 0 Å². The van der Waals surface area contributed by atoms with Crippen molar-refractivity contribution in [3.8, 4) is 0 Å². The normalized spacial score (nSPS) is 37.0. The Morgan fingerprint density at radius 3 is 2.56 bits per heavy atom. The molecule has 1 aliphatic carbocycles. The fraction of sp³-hybridized carbons (Fsp3) is 1.00. The summed E-state index contributed by atoms with van der Waals surface area (Å²) in [7, 11) is 2.29. The molecule has 0 aromatic carbocycles. The molecule has 3 unspecified atom stereocenters. The number of β-amino-alcohol motifs (C(OH)–C–C–N with tert-alkyl or cyclic N) is 1. The lowest BCUT2D eigenvalue weighted by Crippen LogP contribution is -2.41. The molecule has 3 nitrogen and oxygen atoms in total. The number of fused-ring (bicyclic) bond motifs is 2. The van der Waals surface area contributed by atoms with Crippen molar-refractivity contribution in [3.63, 3.8) is 0 Å². The Kier molecular flexibility index (Phi) is 3.92. The molecule has 18 heavy (non-hydrogen) atoms. The van der Waals surface area contributed by atoms with Gasteiger partial charge in [-0.15, -0.1) is 0 Å². The molecule has 3 aliphatic rings. The highest BCUT2D eigenvalue weighted by molar-refractivity contribution is 4.91. The molecular formula is C15H28N2O.